The van der Waals surface area contributed by atoms with Crippen molar-refractivity contribution in [3.05, 3.63) is 28.2 Å². The van der Waals surface area contributed by atoms with Crippen LogP contribution < -0.4 is 5.32 Å². The van der Waals surface area contributed by atoms with E-state index in [4.69, 9.17) is 4.74 Å². The molecule has 2 unspecified atom stereocenters. The minimum Gasteiger partial charge on any atom is -0.462 e. The lowest BCUT2D eigenvalue weighted by molar-refractivity contribution is -0.142. The third kappa shape index (κ3) is 3.15. The van der Waals surface area contributed by atoms with Gasteiger partial charge >= 0.3 is 5.97 Å². The van der Waals surface area contributed by atoms with E-state index in [0.717, 1.165) is 34.6 Å². The van der Waals surface area contributed by atoms with Gasteiger partial charge in [0, 0.05) is 4.88 Å². The van der Waals surface area contributed by atoms with E-state index in [1.165, 1.54) is 11.3 Å². The second-order valence-electron chi connectivity index (χ2n) is 7.25. The monoisotopic (exact) mass is 402 g/mol. The largest absolute Gasteiger partial charge is 0.462 e. The summed E-state index contributed by atoms with van der Waals surface area (Å²) in [4.78, 5) is 52.2. The molecular formula is C20H22N2O5S. The third-order valence-electron chi connectivity index (χ3n) is 5.55. The van der Waals surface area contributed by atoms with Crippen LogP contribution in [0.5, 0.6) is 0 Å². The maximum atomic E-state index is 12.6. The van der Waals surface area contributed by atoms with Crippen molar-refractivity contribution in [2.24, 2.45) is 11.8 Å². The Bertz CT molecular complexity index is 861. The highest BCUT2D eigenvalue weighted by molar-refractivity contribution is 7.17. The summed E-state index contributed by atoms with van der Waals surface area (Å²) in [7, 11) is 0. The van der Waals surface area contributed by atoms with E-state index < -0.39 is 11.9 Å². The summed E-state index contributed by atoms with van der Waals surface area (Å²) < 4.78 is 5.16. The Labute approximate surface area is 166 Å². The summed E-state index contributed by atoms with van der Waals surface area (Å²) in [5.74, 6) is -2.19. The highest BCUT2D eigenvalue weighted by Crippen LogP contribution is 2.40. The average Bonchev–Trinajstić information content (AvgIpc) is 3.31. The molecule has 0 saturated carbocycles. The predicted molar refractivity (Wildman–Crippen MR) is 103 cm³/mol. The third-order valence-corrected chi connectivity index (χ3v) is 6.76. The number of rotatable bonds is 5. The van der Waals surface area contributed by atoms with E-state index in [1.807, 2.05) is 12.2 Å². The smallest absolute Gasteiger partial charge is 0.341 e. The fourth-order valence-corrected chi connectivity index (χ4v) is 5.54. The van der Waals surface area contributed by atoms with Gasteiger partial charge in [-0.05, 0) is 44.6 Å². The summed E-state index contributed by atoms with van der Waals surface area (Å²) >= 11 is 1.38. The number of anilines is 1. The maximum Gasteiger partial charge on any atom is 0.341 e. The zero-order valence-corrected chi connectivity index (χ0v) is 16.5. The van der Waals surface area contributed by atoms with E-state index in [2.05, 4.69) is 5.32 Å². The van der Waals surface area contributed by atoms with Crippen molar-refractivity contribution in [1.29, 1.82) is 0 Å². The van der Waals surface area contributed by atoms with Gasteiger partial charge in [0.05, 0.1) is 24.0 Å². The molecule has 3 amide bonds. The number of likely N-dealkylation sites (tertiary alicyclic amines) is 1. The average molecular weight is 402 g/mol. The predicted octanol–water partition coefficient (Wildman–Crippen LogP) is 2.30. The molecule has 0 spiro atoms. The van der Waals surface area contributed by atoms with Crippen LogP contribution in [0.1, 0.15) is 47.0 Å². The minimum atomic E-state index is -0.473. The summed E-state index contributed by atoms with van der Waals surface area (Å²) in [5.41, 5.74) is 1.37. The second-order valence-corrected chi connectivity index (χ2v) is 8.35. The van der Waals surface area contributed by atoms with Crippen LogP contribution in [0.25, 0.3) is 0 Å². The summed E-state index contributed by atoms with van der Waals surface area (Å²) in [5, 5.41) is 3.20. The highest BCUT2D eigenvalue weighted by atomic mass is 32.1. The first-order valence-electron chi connectivity index (χ1n) is 9.63. The fourth-order valence-electron chi connectivity index (χ4n) is 4.25. The first-order valence-corrected chi connectivity index (χ1v) is 10.4. The van der Waals surface area contributed by atoms with E-state index >= 15 is 0 Å². The number of hydrogen-bond acceptors (Lipinski definition) is 6. The number of amides is 3. The van der Waals surface area contributed by atoms with Crippen LogP contribution >= 0.6 is 11.3 Å². The molecule has 2 heterocycles. The van der Waals surface area contributed by atoms with Gasteiger partial charge in [0.1, 0.15) is 11.5 Å². The zero-order valence-electron chi connectivity index (χ0n) is 15.7. The molecule has 3 aliphatic rings. The Kier molecular flexibility index (Phi) is 5.05. The van der Waals surface area contributed by atoms with Crippen molar-refractivity contribution in [1.82, 2.24) is 4.90 Å². The first kappa shape index (κ1) is 18.9. The van der Waals surface area contributed by atoms with Gasteiger partial charge in [0.15, 0.2) is 0 Å². The Morgan fingerprint density at radius 3 is 2.50 bits per heavy atom. The van der Waals surface area contributed by atoms with Crippen molar-refractivity contribution in [2.75, 3.05) is 18.5 Å². The van der Waals surface area contributed by atoms with Gasteiger partial charge in [0.25, 0.3) is 0 Å². The molecule has 4 rings (SSSR count). The standard InChI is InChI=1S/C20H22N2O5S/c1-2-27-20(26)16-13-8-5-9-14(13)28-17(16)21-15(23)10-22-18(24)11-6-3-4-7-12(11)19(22)25/h3-4,11-12H,2,5-10H2,1H3,(H,21,23). The van der Waals surface area contributed by atoms with E-state index in [0.29, 0.717) is 23.4 Å². The molecule has 1 aliphatic heterocycles. The number of allylic oxidation sites excluding steroid dienone is 2. The maximum absolute atomic E-state index is 12.6. The Morgan fingerprint density at radius 1 is 1.18 bits per heavy atom. The SMILES string of the molecule is CCOC(=O)c1c(NC(=O)CN2C(=O)C3CC=CCC3C2=O)sc2c1CCC2. The summed E-state index contributed by atoms with van der Waals surface area (Å²) in [6, 6.07) is 0. The molecular weight excluding hydrogens is 380 g/mol. The molecule has 28 heavy (non-hydrogen) atoms. The van der Waals surface area contributed by atoms with Gasteiger partial charge in [-0.1, -0.05) is 12.2 Å². The van der Waals surface area contributed by atoms with Gasteiger partial charge in [0.2, 0.25) is 17.7 Å². The van der Waals surface area contributed by atoms with Gasteiger partial charge < -0.3 is 10.1 Å². The van der Waals surface area contributed by atoms with Gasteiger partial charge in [-0.2, -0.15) is 0 Å². The van der Waals surface area contributed by atoms with Crippen LogP contribution in [0.2, 0.25) is 0 Å². The molecule has 1 aromatic heterocycles. The molecule has 148 valence electrons. The number of esters is 1. The molecule has 7 nitrogen and oxygen atoms in total. The van der Waals surface area contributed by atoms with E-state index in [9.17, 15) is 19.2 Å². The molecule has 0 bridgehead atoms. The molecule has 0 aromatic carbocycles. The van der Waals surface area contributed by atoms with E-state index in [1.54, 1.807) is 6.92 Å². The molecule has 1 fully saturated rings. The van der Waals surface area contributed by atoms with Crippen LogP contribution in [-0.4, -0.2) is 41.7 Å². The Morgan fingerprint density at radius 2 is 1.86 bits per heavy atom. The van der Waals surface area contributed by atoms with E-state index in [-0.39, 0.29) is 36.8 Å². The number of carbonyl (C=O) groups excluding carboxylic acids is 4. The molecule has 2 atom stereocenters. The van der Waals surface area contributed by atoms with Crippen LogP contribution in [-0.2, 0) is 32.0 Å². The molecule has 1 saturated heterocycles. The summed E-state index contributed by atoms with van der Waals surface area (Å²) in [6.07, 6.45) is 7.55. The van der Waals surface area contributed by atoms with Crippen molar-refractivity contribution in [3.8, 4) is 0 Å². The van der Waals surface area contributed by atoms with Crippen LogP contribution in [0.15, 0.2) is 12.2 Å². The Balaban J connectivity index is 1.50. The number of nitrogens with zero attached hydrogens (tertiary/aromatic N) is 1. The number of aryl methyl sites for hydroxylation is 1. The molecule has 8 heteroatoms. The first-order chi connectivity index (χ1) is 13.5. The fraction of sp³-hybridized carbons (Fsp3) is 0.500. The number of carbonyl (C=O) groups is 4. The van der Waals surface area contributed by atoms with Gasteiger partial charge in [-0.15, -0.1) is 11.3 Å². The van der Waals surface area contributed by atoms with Crippen molar-refractivity contribution in [2.45, 2.75) is 39.0 Å². The normalized spacial score (nSPS) is 23.0. The number of thiophene rings is 1. The molecule has 1 N–H and O–H groups in total. The number of hydrogen-bond donors (Lipinski definition) is 1. The zero-order chi connectivity index (χ0) is 19.8. The highest BCUT2D eigenvalue weighted by Gasteiger charge is 2.47. The van der Waals surface area contributed by atoms with Crippen molar-refractivity contribution < 1.29 is 23.9 Å². The number of nitrogens with one attached hydrogen (secondary N) is 1. The Hall–Kier alpha value is -2.48. The van der Waals surface area contributed by atoms with Crippen LogP contribution in [0.3, 0.4) is 0 Å². The quantitative estimate of drug-likeness (QED) is 0.463. The number of fused-ring (bicyclic) bond motifs is 2. The topological polar surface area (TPSA) is 92.8 Å². The molecule has 2 aliphatic carbocycles. The van der Waals surface area contributed by atoms with Crippen molar-refractivity contribution >= 4 is 40.0 Å². The number of imide groups is 1. The van der Waals surface area contributed by atoms with Gasteiger partial charge in [-0.3, -0.25) is 19.3 Å². The lowest BCUT2D eigenvalue weighted by Gasteiger charge is -2.14. The second kappa shape index (κ2) is 7.50. The molecule has 1 aromatic rings. The minimum absolute atomic E-state index is 0.254. The number of ether oxygens (including phenoxy) is 1. The van der Waals surface area contributed by atoms with Crippen LogP contribution in [0.4, 0.5) is 5.00 Å². The summed E-state index contributed by atoms with van der Waals surface area (Å²) in [6.45, 7) is 1.67. The lowest BCUT2D eigenvalue weighted by atomic mass is 9.85. The lowest BCUT2D eigenvalue weighted by Crippen LogP contribution is -2.38. The molecule has 0 radical (unpaired) electrons. The van der Waals surface area contributed by atoms with Gasteiger partial charge in [-0.25, -0.2) is 4.79 Å². The van der Waals surface area contributed by atoms with Crippen molar-refractivity contribution in [3.63, 3.8) is 0 Å². The van der Waals surface area contributed by atoms with Crippen LogP contribution in [0, 0.1) is 11.8 Å².